The molecule has 5 heteroatoms. The number of carbonyl (C=O) groups excluding carboxylic acids is 1. The number of nitrogens with one attached hydrogen (secondary N) is 2. The molecule has 1 atom stereocenters. The Hall–Kier alpha value is -3.44. The van der Waals surface area contributed by atoms with Crippen LogP contribution in [0.3, 0.4) is 0 Å². The minimum Gasteiger partial charge on any atom is -0.344 e. The average molecular weight is 400 g/mol. The summed E-state index contributed by atoms with van der Waals surface area (Å²) in [4.78, 5) is 15.9. The first-order valence-corrected chi connectivity index (χ1v) is 9.86. The summed E-state index contributed by atoms with van der Waals surface area (Å²) in [5, 5.41) is 3.07. The van der Waals surface area contributed by atoms with Crippen LogP contribution in [-0.4, -0.2) is 15.5 Å². The number of para-hydroxylation sites is 1. The molecule has 0 bridgehead atoms. The smallest absolute Gasteiger partial charge is 0.270 e. The molecule has 0 unspecified atom stereocenters. The summed E-state index contributed by atoms with van der Waals surface area (Å²) in [7, 11) is 0. The molecule has 3 aromatic carbocycles. The van der Waals surface area contributed by atoms with Crippen LogP contribution < -0.4 is 5.32 Å². The van der Waals surface area contributed by atoms with Gasteiger partial charge in [-0.15, -0.1) is 0 Å². The van der Waals surface area contributed by atoms with Crippen LogP contribution in [0.25, 0.3) is 16.8 Å². The van der Waals surface area contributed by atoms with Crippen molar-refractivity contribution in [2.24, 2.45) is 0 Å². The Kier molecular flexibility index (Phi) is 5.40. The van der Waals surface area contributed by atoms with Crippen molar-refractivity contribution in [3.8, 4) is 16.8 Å². The van der Waals surface area contributed by atoms with Gasteiger partial charge in [0, 0.05) is 11.9 Å². The standard InChI is InChI=1S/C24H21N3OS/c1-17(18-12-14-20(15-13-18)19-8-4-2-5-9-19)26-23(28)22-16-25-24(29)27(22)21-10-6-3-7-11-21/h2-17H,1H3,(H,25,29)(H,26,28)/t17-/m1/s1. The van der Waals surface area contributed by atoms with E-state index in [9.17, 15) is 4.79 Å². The van der Waals surface area contributed by atoms with Crippen molar-refractivity contribution in [2.75, 3.05) is 0 Å². The number of H-pyrrole nitrogens is 1. The Labute approximate surface area is 174 Å². The van der Waals surface area contributed by atoms with Crippen LogP contribution in [0.1, 0.15) is 29.0 Å². The molecule has 29 heavy (non-hydrogen) atoms. The summed E-state index contributed by atoms with van der Waals surface area (Å²) >= 11 is 5.37. The fourth-order valence-corrected chi connectivity index (χ4v) is 3.58. The maximum absolute atomic E-state index is 12.9. The minimum atomic E-state index is -0.180. The Morgan fingerprint density at radius 2 is 1.48 bits per heavy atom. The van der Waals surface area contributed by atoms with Crippen molar-refractivity contribution >= 4 is 18.1 Å². The lowest BCUT2D eigenvalue weighted by molar-refractivity contribution is 0.0933. The van der Waals surface area contributed by atoms with Gasteiger partial charge in [-0.1, -0.05) is 72.8 Å². The van der Waals surface area contributed by atoms with E-state index in [-0.39, 0.29) is 11.9 Å². The van der Waals surface area contributed by atoms with Crippen molar-refractivity contribution in [3.63, 3.8) is 0 Å². The highest BCUT2D eigenvalue weighted by molar-refractivity contribution is 7.71. The third-order valence-corrected chi connectivity index (χ3v) is 5.19. The summed E-state index contributed by atoms with van der Waals surface area (Å²) in [6, 6.07) is 28.0. The number of imidazole rings is 1. The number of aromatic nitrogens is 2. The largest absolute Gasteiger partial charge is 0.344 e. The Balaban J connectivity index is 1.53. The molecular weight excluding hydrogens is 378 g/mol. The van der Waals surface area contributed by atoms with Gasteiger partial charge in [0.2, 0.25) is 0 Å². The maximum atomic E-state index is 12.9. The molecule has 0 aliphatic rings. The number of hydrogen-bond donors (Lipinski definition) is 2. The van der Waals surface area contributed by atoms with Crippen molar-refractivity contribution in [2.45, 2.75) is 13.0 Å². The van der Waals surface area contributed by atoms with E-state index >= 15 is 0 Å². The Morgan fingerprint density at radius 3 is 2.14 bits per heavy atom. The van der Waals surface area contributed by atoms with Gasteiger partial charge in [-0.05, 0) is 48.0 Å². The number of carbonyl (C=O) groups is 1. The second kappa shape index (κ2) is 8.29. The number of benzene rings is 3. The first-order valence-electron chi connectivity index (χ1n) is 9.45. The molecule has 0 aliphatic carbocycles. The maximum Gasteiger partial charge on any atom is 0.270 e. The lowest BCUT2D eigenvalue weighted by Crippen LogP contribution is -2.28. The molecular formula is C24H21N3OS. The minimum absolute atomic E-state index is 0.139. The monoisotopic (exact) mass is 399 g/mol. The fraction of sp³-hybridized carbons (Fsp3) is 0.0833. The zero-order valence-corrected chi connectivity index (χ0v) is 16.8. The summed E-state index contributed by atoms with van der Waals surface area (Å²) in [6.45, 7) is 1.98. The molecule has 2 N–H and O–H groups in total. The summed E-state index contributed by atoms with van der Waals surface area (Å²) < 4.78 is 2.23. The lowest BCUT2D eigenvalue weighted by Gasteiger charge is -2.16. The van der Waals surface area contributed by atoms with Crippen LogP contribution in [0.5, 0.6) is 0 Å². The number of amides is 1. The summed E-state index contributed by atoms with van der Waals surface area (Å²) in [6.07, 6.45) is 1.65. The molecule has 1 amide bonds. The van der Waals surface area contributed by atoms with E-state index in [0.29, 0.717) is 10.5 Å². The van der Waals surface area contributed by atoms with Crippen molar-refractivity contribution in [1.82, 2.24) is 14.9 Å². The first-order chi connectivity index (χ1) is 14.1. The van der Waals surface area contributed by atoms with E-state index in [1.807, 2.05) is 67.6 Å². The lowest BCUT2D eigenvalue weighted by atomic mass is 10.0. The van der Waals surface area contributed by atoms with Gasteiger partial charge in [0.1, 0.15) is 5.69 Å². The summed E-state index contributed by atoms with van der Waals surface area (Å²) in [5.41, 5.74) is 4.69. The summed E-state index contributed by atoms with van der Waals surface area (Å²) in [5.74, 6) is -0.180. The molecule has 0 radical (unpaired) electrons. The normalized spacial score (nSPS) is 11.8. The van der Waals surface area contributed by atoms with Crippen molar-refractivity contribution in [1.29, 1.82) is 0 Å². The van der Waals surface area contributed by atoms with Gasteiger partial charge in [-0.3, -0.25) is 9.36 Å². The topological polar surface area (TPSA) is 49.8 Å². The second-order valence-electron chi connectivity index (χ2n) is 6.83. The van der Waals surface area contributed by atoms with Crippen LogP contribution in [0.15, 0.2) is 91.1 Å². The molecule has 0 spiro atoms. The van der Waals surface area contributed by atoms with Gasteiger partial charge >= 0.3 is 0 Å². The highest BCUT2D eigenvalue weighted by Crippen LogP contribution is 2.22. The quantitative estimate of drug-likeness (QED) is 0.423. The molecule has 1 aromatic heterocycles. The van der Waals surface area contributed by atoms with Crippen LogP contribution in [-0.2, 0) is 0 Å². The number of aromatic amines is 1. The molecule has 0 saturated heterocycles. The number of hydrogen-bond acceptors (Lipinski definition) is 2. The predicted molar refractivity (Wildman–Crippen MR) is 119 cm³/mol. The van der Waals surface area contributed by atoms with Gasteiger partial charge in [0.15, 0.2) is 4.77 Å². The third-order valence-electron chi connectivity index (χ3n) is 4.89. The molecule has 4 aromatic rings. The molecule has 0 fully saturated rings. The van der Waals surface area contributed by atoms with Gasteiger partial charge in [-0.2, -0.15) is 0 Å². The van der Waals surface area contributed by atoms with E-state index in [1.165, 1.54) is 5.56 Å². The van der Waals surface area contributed by atoms with Crippen LogP contribution >= 0.6 is 12.2 Å². The predicted octanol–water partition coefficient (Wildman–Crippen LogP) is 5.69. The second-order valence-corrected chi connectivity index (χ2v) is 7.22. The van der Waals surface area contributed by atoms with E-state index in [0.717, 1.165) is 16.8 Å². The highest BCUT2D eigenvalue weighted by Gasteiger charge is 2.17. The Bertz CT molecular complexity index is 1160. The van der Waals surface area contributed by atoms with E-state index in [4.69, 9.17) is 12.2 Å². The molecule has 4 nitrogen and oxygen atoms in total. The molecule has 0 saturated carbocycles. The zero-order chi connectivity index (χ0) is 20.2. The number of rotatable bonds is 5. The molecule has 1 heterocycles. The van der Waals surface area contributed by atoms with E-state index in [1.54, 1.807) is 10.8 Å². The van der Waals surface area contributed by atoms with Crippen LogP contribution in [0, 0.1) is 4.77 Å². The number of nitrogens with zero attached hydrogens (tertiary/aromatic N) is 1. The van der Waals surface area contributed by atoms with Crippen LogP contribution in [0.4, 0.5) is 0 Å². The van der Waals surface area contributed by atoms with Crippen LogP contribution in [0.2, 0.25) is 0 Å². The van der Waals surface area contributed by atoms with Gasteiger partial charge < -0.3 is 10.3 Å². The third kappa shape index (κ3) is 4.05. The van der Waals surface area contributed by atoms with Gasteiger partial charge in [-0.25, -0.2) is 0 Å². The van der Waals surface area contributed by atoms with E-state index in [2.05, 4.69) is 34.6 Å². The Morgan fingerprint density at radius 1 is 0.897 bits per heavy atom. The van der Waals surface area contributed by atoms with E-state index < -0.39 is 0 Å². The van der Waals surface area contributed by atoms with Gasteiger partial charge in [0.05, 0.1) is 6.04 Å². The van der Waals surface area contributed by atoms with Gasteiger partial charge in [0.25, 0.3) is 5.91 Å². The SMILES string of the molecule is C[C@@H](NC(=O)c1c[nH]c(=S)n1-c1ccccc1)c1ccc(-c2ccccc2)cc1. The van der Waals surface area contributed by atoms with Crippen molar-refractivity contribution < 1.29 is 4.79 Å². The van der Waals surface area contributed by atoms with Crippen molar-refractivity contribution in [3.05, 3.63) is 107 Å². The average Bonchev–Trinajstić information content (AvgIpc) is 3.16. The fourth-order valence-electron chi connectivity index (χ4n) is 3.32. The molecule has 144 valence electrons. The molecule has 4 rings (SSSR count). The molecule has 0 aliphatic heterocycles. The zero-order valence-electron chi connectivity index (χ0n) is 16.0. The highest BCUT2D eigenvalue weighted by atomic mass is 32.1. The first kappa shape index (κ1) is 18.9.